The van der Waals surface area contributed by atoms with E-state index in [0.717, 1.165) is 58.3 Å². The van der Waals surface area contributed by atoms with E-state index in [0.29, 0.717) is 11.5 Å². The SMILES string of the molecule is Cc1nn(C)cc1-c1cnc(NC2C[C@@H]3CN(CC45CC(C)CC6CC(C4)C65)C[C@@H]3C2)cn1.[HH]. The molecule has 1 saturated heterocycles. The van der Waals surface area contributed by atoms with E-state index in [9.17, 15) is 0 Å². The van der Waals surface area contributed by atoms with Gasteiger partial charge in [-0.1, -0.05) is 6.92 Å². The van der Waals surface area contributed by atoms with Gasteiger partial charge < -0.3 is 10.2 Å². The summed E-state index contributed by atoms with van der Waals surface area (Å²) in [6.45, 7) is 8.59. The number of nitrogens with zero attached hydrogens (tertiary/aromatic N) is 5. The molecule has 178 valence electrons. The van der Waals surface area contributed by atoms with Crippen LogP contribution in [0.15, 0.2) is 18.6 Å². The molecule has 1 N–H and O–H groups in total. The van der Waals surface area contributed by atoms with E-state index < -0.39 is 0 Å². The third-order valence-electron chi connectivity index (χ3n) is 10.1. The van der Waals surface area contributed by atoms with Crippen molar-refractivity contribution in [3.05, 3.63) is 24.3 Å². The van der Waals surface area contributed by atoms with E-state index in [1.54, 1.807) is 12.8 Å². The lowest BCUT2D eigenvalue weighted by atomic mass is 9.35. The maximum absolute atomic E-state index is 4.68. The molecule has 6 unspecified atom stereocenters. The normalized spacial score (nSPS) is 41.2. The highest BCUT2D eigenvalue weighted by molar-refractivity contribution is 5.60. The summed E-state index contributed by atoms with van der Waals surface area (Å²) in [4.78, 5) is 12.2. The zero-order chi connectivity index (χ0) is 22.3. The van der Waals surface area contributed by atoms with Crippen LogP contribution >= 0.6 is 0 Å². The van der Waals surface area contributed by atoms with Gasteiger partial charge in [0, 0.05) is 45.9 Å². The summed E-state index contributed by atoms with van der Waals surface area (Å²) in [5.74, 6) is 6.87. The summed E-state index contributed by atoms with van der Waals surface area (Å²) in [6.07, 6.45) is 14.5. The van der Waals surface area contributed by atoms with E-state index >= 15 is 0 Å². The molecule has 7 rings (SSSR count). The van der Waals surface area contributed by atoms with E-state index in [1.165, 1.54) is 45.3 Å². The Hall–Kier alpha value is -1.95. The van der Waals surface area contributed by atoms with Gasteiger partial charge in [-0.2, -0.15) is 5.10 Å². The first kappa shape index (κ1) is 20.4. The molecule has 2 aromatic rings. The highest BCUT2D eigenvalue weighted by Gasteiger charge is 2.65. The Morgan fingerprint density at radius 1 is 1.03 bits per heavy atom. The van der Waals surface area contributed by atoms with Gasteiger partial charge in [0.15, 0.2) is 0 Å². The van der Waals surface area contributed by atoms with Gasteiger partial charge in [-0.15, -0.1) is 0 Å². The zero-order valence-corrected chi connectivity index (χ0v) is 20.4. The molecule has 0 bridgehead atoms. The minimum Gasteiger partial charge on any atom is -0.366 e. The number of hydrogen-bond donors (Lipinski definition) is 1. The van der Waals surface area contributed by atoms with Crippen molar-refractivity contribution in [1.29, 1.82) is 0 Å². The number of hydrogen-bond acceptors (Lipinski definition) is 5. The van der Waals surface area contributed by atoms with Gasteiger partial charge in [-0.3, -0.25) is 9.67 Å². The first-order valence-electron chi connectivity index (χ1n) is 13.3. The lowest BCUT2D eigenvalue weighted by molar-refractivity contribution is -0.214. The summed E-state index contributed by atoms with van der Waals surface area (Å²) in [7, 11) is 1.94. The smallest absolute Gasteiger partial charge is 0.144 e. The quantitative estimate of drug-likeness (QED) is 0.723. The number of rotatable bonds is 5. The predicted molar refractivity (Wildman–Crippen MR) is 132 cm³/mol. The van der Waals surface area contributed by atoms with Gasteiger partial charge in [-0.25, -0.2) is 4.98 Å². The number of aromatic nitrogens is 4. The first-order valence-corrected chi connectivity index (χ1v) is 13.3. The Morgan fingerprint density at radius 2 is 1.85 bits per heavy atom. The summed E-state index contributed by atoms with van der Waals surface area (Å²) in [5.41, 5.74) is 3.65. The Labute approximate surface area is 199 Å². The first-order chi connectivity index (χ1) is 16.0. The van der Waals surface area contributed by atoms with Crippen molar-refractivity contribution in [2.24, 2.45) is 48.0 Å². The second-order valence-electron chi connectivity index (χ2n) is 12.5. The molecule has 4 aliphatic carbocycles. The van der Waals surface area contributed by atoms with Gasteiger partial charge in [0.1, 0.15) is 5.82 Å². The van der Waals surface area contributed by atoms with Gasteiger partial charge in [0.05, 0.1) is 23.8 Å². The van der Waals surface area contributed by atoms with Crippen molar-refractivity contribution >= 4 is 5.82 Å². The number of anilines is 1. The molecule has 0 spiro atoms. The third-order valence-corrected chi connectivity index (χ3v) is 10.1. The largest absolute Gasteiger partial charge is 0.366 e. The molecule has 0 aromatic carbocycles. The number of likely N-dealkylation sites (tertiary alicyclic amines) is 1. The molecule has 0 amide bonds. The predicted octanol–water partition coefficient (Wildman–Crippen LogP) is 4.63. The van der Waals surface area contributed by atoms with Crippen LogP contribution in [-0.2, 0) is 7.05 Å². The van der Waals surface area contributed by atoms with Crippen molar-refractivity contribution in [2.45, 2.75) is 58.4 Å². The molecule has 1 aliphatic heterocycles. The van der Waals surface area contributed by atoms with Crippen LogP contribution in [0.1, 0.15) is 52.6 Å². The van der Waals surface area contributed by atoms with Crippen molar-refractivity contribution in [2.75, 3.05) is 25.0 Å². The molecule has 4 saturated carbocycles. The lowest BCUT2D eigenvalue weighted by Gasteiger charge is -2.70. The van der Waals surface area contributed by atoms with E-state index in [4.69, 9.17) is 0 Å². The molecule has 6 heteroatoms. The topological polar surface area (TPSA) is 58.9 Å². The van der Waals surface area contributed by atoms with Crippen LogP contribution in [0.25, 0.3) is 11.3 Å². The maximum atomic E-state index is 4.68. The molecule has 3 heterocycles. The fourth-order valence-electron chi connectivity index (χ4n) is 9.26. The molecule has 6 nitrogen and oxygen atoms in total. The second kappa shape index (κ2) is 7.27. The molecule has 33 heavy (non-hydrogen) atoms. The average molecular weight is 449 g/mol. The molecule has 5 fully saturated rings. The van der Waals surface area contributed by atoms with Crippen molar-refractivity contribution < 1.29 is 1.43 Å². The molecule has 8 atom stereocenters. The summed E-state index contributed by atoms with van der Waals surface area (Å²) >= 11 is 0. The van der Waals surface area contributed by atoms with Crippen molar-refractivity contribution in [1.82, 2.24) is 24.6 Å². The number of fused-ring (bicyclic) bond motifs is 1. The number of aryl methyl sites for hydroxylation is 2. The highest BCUT2D eigenvalue weighted by Crippen LogP contribution is 2.71. The average Bonchev–Trinajstić information content (AvgIpc) is 3.38. The Bertz CT molecular complexity index is 1040. The van der Waals surface area contributed by atoms with Crippen LogP contribution in [0.5, 0.6) is 0 Å². The van der Waals surface area contributed by atoms with Crippen LogP contribution in [0, 0.1) is 47.8 Å². The summed E-state index contributed by atoms with van der Waals surface area (Å²) < 4.78 is 1.83. The summed E-state index contributed by atoms with van der Waals surface area (Å²) in [5, 5.41) is 8.11. The van der Waals surface area contributed by atoms with Gasteiger partial charge in [0.25, 0.3) is 0 Å². The summed E-state index contributed by atoms with van der Waals surface area (Å²) in [6, 6.07) is 0.541. The fraction of sp³-hybridized carbons (Fsp3) is 0.741. The maximum Gasteiger partial charge on any atom is 0.144 e. The van der Waals surface area contributed by atoms with Gasteiger partial charge in [-0.05, 0) is 86.4 Å². The van der Waals surface area contributed by atoms with Gasteiger partial charge >= 0.3 is 0 Å². The van der Waals surface area contributed by atoms with Crippen LogP contribution in [0.2, 0.25) is 0 Å². The molecular weight excluding hydrogens is 408 g/mol. The lowest BCUT2D eigenvalue weighted by Crippen LogP contribution is -2.65. The minimum atomic E-state index is 0. The fourth-order valence-corrected chi connectivity index (χ4v) is 9.26. The molecule has 0 radical (unpaired) electrons. The van der Waals surface area contributed by atoms with E-state index in [-0.39, 0.29) is 1.43 Å². The Kier molecular flexibility index (Phi) is 4.50. The molecule has 2 aromatic heterocycles. The minimum absolute atomic E-state index is 0. The van der Waals surface area contributed by atoms with Crippen LogP contribution in [0.3, 0.4) is 0 Å². The Balaban J connectivity index is 0.00000217. The zero-order valence-electron chi connectivity index (χ0n) is 20.4. The van der Waals surface area contributed by atoms with E-state index in [1.807, 2.05) is 37.2 Å². The third kappa shape index (κ3) is 3.27. The molecular formula is C27H40N6. The van der Waals surface area contributed by atoms with Gasteiger partial charge in [0.2, 0.25) is 0 Å². The van der Waals surface area contributed by atoms with Crippen LogP contribution in [-0.4, -0.2) is 50.3 Å². The van der Waals surface area contributed by atoms with Crippen molar-refractivity contribution in [3.8, 4) is 11.3 Å². The van der Waals surface area contributed by atoms with Crippen LogP contribution in [0.4, 0.5) is 5.82 Å². The van der Waals surface area contributed by atoms with Crippen molar-refractivity contribution in [3.63, 3.8) is 0 Å². The standard InChI is InChI=1S/C27H38N6.H2/c1-16-4-18-5-19-9-27(8-16,26(18)19)15-33-12-20-6-22(7-21(20)13-33)30-25-11-28-24(10-29-25)23-14-32(3)31-17(23)2;/h10-11,14,16,18-22,26H,4-9,12-13,15H2,1-3H3,(H,29,30);1H/t16?,18?,19?,20-,21+,22?,26?,27?;. The second-order valence-corrected chi connectivity index (χ2v) is 12.5. The number of nitrogens with one attached hydrogen (secondary N) is 1. The Morgan fingerprint density at radius 3 is 2.52 bits per heavy atom. The van der Waals surface area contributed by atoms with E-state index in [2.05, 4.69) is 32.2 Å². The van der Waals surface area contributed by atoms with Crippen LogP contribution < -0.4 is 5.32 Å². The highest BCUT2D eigenvalue weighted by atomic mass is 15.3. The molecule has 5 aliphatic rings. The monoisotopic (exact) mass is 448 g/mol.